The van der Waals surface area contributed by atoms with Crippen molar-refractivity contribution in [2.24, 2.45) is 17.3 Å². The lowest BCUT2D eigenvalue weighted by Crippen LogP contribution is -2.17. The summed E-state index contributed by atoms with van der Waals surface area (Å²) < 4.78 is 18.8. The van der Waals surface area contributed by atoms with E-state index < -0.39 is 11.8 Å². The summed E-state index contributed by atoms with van der Waals surface area (Å²) in [5.74, 6) is -0.538. The second-order valence-corrected chi connectivity index (χ2v) is 7.22. The zero-order chi connectivity index (χ0) is 21.5. The summed E-state index contributed by atoms with van der Waals surface area (Å²) in [4.78, 5) is 22.7. The van der Waals surface area contributed by atoms with E-state index in [2.05, 4.69) is 10.2 Å². The molecule has 0 aliphatic heterocycles. The van der Waals surface area contributed by atoms with E-state index in [0.29, 0.717) is 11.5 Å². The summed E-state index contributed by atoms with van der Waals surface area (Å²) in [6.45, 7) is 1.22. The SMILES string of the molecule is COc1cc(/C=N/N=c2\sc3ccccc3n2C)ccc1OCCOC(=O)C(C)=O. The minimum absolute atomic E-state index is 0.0319. The number of fused-ring (bicyclic) bond motifs is 1. The molecule has 0 unspecified atom stereocenters. The molecular weight excluding hydrogens is 406 g/mol. The van der Waals surface area contributed by atoms with Gasteiger partial charge in [0.1, 0.15) is 13.2 Å². The molecule has 1 aromatic heterocycles. The highest BCUT2D eigenvalue weighted by Crippen LogP contribution is 2.27. The van der Waals surface area contributed by atoms with E-state index in [1.807, 2.05) is 41.9 Å². The molecule has 0 bridgehead atoms. The third-order valence-corrected chi connectivity index (χ3v) is 5.22. The van der Waals surface area contributed by atoms with E-state index in [0.717, 1.165) is 27.5 Å². The summed E-state index contributed by atoms with van der Waals surface area (Å²) in [5, 5.41) is 8.50. The fraction of sp³-hybridized carbons (Fsp3) is 0.238. The highest BCUT2D eigenvalue weighted by atomic mass is 32.1. The van der Waals surface area contributed by atoms with Crippen LogP contribution in [-0.2, 0) is 21.4 Å². The zero-order valence-corrected chi connectivity index (χ0v) is 17.6. The second-order valence-electron chi connectivity index (χ2n) is 6.21. The third kappa shape index (κ3) is 5.12. The first-order valence-electron chi connectivity index (χ1n) is 9.09. The molecule has 0 radical (unpaired) electrons. The van der Waals surface area contributed by atoms with E-state index in [-0.39, 0.29) is 13.2 Å². The van der Waals surface area contributed by atoms with Gasteiger partial charge < -0.3 is 18.8 Å². The van der Waals surface area contributed by atoms with Crippen LogP contribution in [0.2, 0.25) is 0 Å². The topological polar surface area (TPSA) is 91.5 Å². The predicted octanol–water partition coefficient (Wildman–Crippen LogP) is 2.69. The van der Waals surface area contributed by atoms with Crippen LogP contribution in [0, 0.1) is 0 Å². The Balaban J connectivity index is 1.67. The smallest absolute Gasteiger partial charge is 0.374 e. The number of carbonyl (C=O) groups excluding carboxylic acids is 2. The second kappa shape index (κ2) is 9.84. The van der Waals surface area contributed by atoms with Crippen molar-refractivity contribution in [2.75, 3.05) is 20.3 Å². The lowest BCUT2D eigenvalue weighted by atomic mass is 10.2. The Kier molecular flexibility index (Phi) is 6.97. The average Bonchev–Trinajstić information content (AvgIpc) is 3.07. The number of aryl methyl sites for hydroxylation is 1. The van der Waals surface area contributed by atoms with Gasteiger partial charge in [-0.05, 0) is 35.9 Å². The van der Waals surface area contributed by atoms with Gasteiger partial charge in [0.15, 0.2) is 11.5 Å². The predicted molar refractivity (Wildman–Crippen MR) is 114 cm³/mol. The van der Waals surface area contributed by atoms with Crippen LogP contribution in [0.4, 0.5) is 0 Å². The Morgan fingerprint density at radius 1 is 1.13 bits per heavy atom. The third-order valence-electron chi connectivity index (χ3n) is 4.11. The number of nitrogens with zero attached hydrogens (tertiary/aromatic N) is 3. The summed E-state index contributed by atoms with van der Waals surface area (Å²) in [6.07, 6.45) is 1.63. The number of carbonyl (C=O) groups is 2. The number of benzene rings is 2. The molecule has 0 saturated heterocycles. The molecule has 3 rings (SSSR count). The van der Waals surface area contributed by atoms with Gasteiger partial charge in [-0.3, -0.25) is 4.79 Å². The van der Waals surface area contributed by atoms with Crippen molar-refractivity contribution in [3.8, 4) is 11.5 Å². The first-order valence-corrected chi connectivity index (χ1v) is 9.91. The molecule has 0 aliphatic rings. The number of rotatable bonds is 8. The summed E-state index contributed by atoms with van der Waals surface area (Å²) in [6, 6.07) is 13.4. The number of hydrogen-bond acceptors (Lipinski definition) is 8. The van der Waals surface area contributed by atoms with Crippen LogP contribution in [-0.4, -0.2) is 42.9 Å². The molecule has 1 heterocycles. The molecule has 2 aromatic carbocycles. The average molecular weight is 427 g/mol. The van der Waals surface area contributed by atoms with Crippen LogP contribution in [0.5, 0.6) is 11.5 Å². The van der Waals surface area contributed by atoms with E-state index in [9.17, 15) is 9.59 Å². The van der Waals surface area contributed by atoms with Crippen molar-refractivity contribution in [3.05, 3.63) is 52.8 Å². The summed E-state index contributed by atoms with van der Waals surface area (Å²) >= 11 is 1.56. The van der Waals surface area contributed by atoms with Crippen LogP contribution in [0.3, 0.4) is 0 Å². The van der Waals surface area contributed by atoms with Crippen molar-refractivity contribution in [1.29, 1.82) is 0 Å². The Morgan fingerprint density at radius 2 is 1.93 bits per heavy atom. The molecule has 8 nitrogen and oxygen atoms in total. The maximum absolute atomic E-state index is 11.1. The van der Waals surface area contributed by atoms with E-state index in [1.54, 1.807) is 29.7 Å². The largest absolute Gasteiger partial charge is 0.493 e. The van der Waals surface area contributed by atoms with E-state index in [4.69, 9.17) is 14.2 Å². The highest BCUT2D eigenvalue weighted by molar-refractivity contribution is 7.16. The van der Waals surface area contributed by atoms with Gasteiger partial charge >= 0.3 is 5.97 Å². The molecule has 0 amide bonds. The van der Waals surface area contributed by atoms with Crippen molar-refractivity contribution >= 4 is 39.5 Å². The first-order chi connectivity index (χ1) is 14.5. The number of para-hydroxylation sites is 1. The van der Waals surface area contributed by atoms with Gasteiger partial charge in [-0.15, -0.1) is 5.10 Å². The van der Waals surface area contributed by atoms with Crippen LogP contribution in [0.1, 0.15) is 12.5 Å². The number of ketones is 1. The minimum Gasteiger partial charge on any atom is -0.493 e. The molecule has 0 spiro atoms. The van der Waals surface area contributed by atoms with Gasteiger partial charge in [0, 0.05) is 14.0 Å². The molecule has 9 heteroatoms. The molecule has 156 valence electrons. The fourth-order valence-electron chi connectivity index (χ4n) is 2.59. The lowest BCUT2D eigenvalue weighted by molar-refractivity contribution is -0.153. The molecular formula is C21H21N3O5S. The van der Waals surface area contributed by atoms with Gasteiger partial charge in [0.05, 0.1) is 23.5 Å². The van der Waals surface area contributed by atoms with Crippen LogP contribution >= 0.6 is 11.3 Å². The van der Waals surface area contributed by atoms with Gasteiger partial charge in [0.25, 0.3) is 0 Å². The number of thiazole rings is 1. The normalized spacial score (nSPS) is 11.8. The Labute approximate surface area is 177 Å². The van der Waals surface area contributed by atoms with Gasteiger partial charge in [-0.1, -0.05) is 23.5 Å². The van der Waals surface area contributed by atoms with Gasteiger partial charge in [0.2, 0.25) is 10.6 Å². The van der Waals surface area contributed by atoms with Gasteiger partial charge in [-0.2, -0.15) is 5.10 Å². The molecule has 30 heavy (non-hydrogen) atoms. The van der Waals surface area contributed by atoms with Crippen molar-refractivity contribution in [3.63, 3.8) is 0 Å². The monoisotopic (exact) mass is 427 g/mol. The molecule has 3 aromatic rings. The standard InChI is InChI=1S/C21H21N3O5S/c1-14(25)20(26)29-11-10-28-17-9-8-15(12-18(17)27-3)13-22-23-21-24(2)16-6-4-5-7-19(16)30-21/h4-9,12-13H,10-11H2,1-3H3/b22-13+,23-21-. The van der Waals surface area contributed by atoms with Crippen molar-refractivity contribution in [2.45, 2.75) is 6.92 Å². The molecule has 0 saturated carbocycles. The molecule has 0 atom stereocenters. The highest BCUT2D eigenvalue weighted by Gasteiger charge is 2.09. The van der Waals surface area contributed by atoms with E-state index >= 15 is 0 Å². The number of ether oxygens (including phenoxy) is 3. The molecule has 0 fully saturated rings. The fourth-order valence-corrected chi connectivity index (χ4v) is 3.57. The molecule has 0 aliphatic carbocycles. The lowest BCUT2D eigenvalue weighted by Gasteiger charge is -2.11. The quantitative estimate of drug-likeness (QED) is 0.181. The number of methoxy groups -OCH3 is 1. The van der Waals surface area contributed by atoms with Gasteiger partial charge in [-0.25, -0.2) is 4.79 Å². The summed E-state index contributed by atoms with van der Waals surface area (Å²) in [7, 11) is 3.48. The minimum atomic E-state index is -0.882. The Bertz CT molecular complexity index is 1160. The van der Waals surface area contributed by atoms with Crippen LogP contribution in [0.25, 0.3) is 10.2 Å². The van der Waals surface area contributed by atoms with E-state index in [1.165, 1.54) is 7.11 Å². The number of Topliss-reactive ketones (excluding diaryl/α,β-unsaturated/α-hetero) is 1. The summed E-state index contributed by atoms with van der Waals surface area (Å²) in [5.41, 5.74) is 1.89. The maximum atomic E-state index is 11.1. The maximum Gasteiger partial charge on any atom is 0.374 e. The van der Waals surface area contributed by atoms with Crippen molar-refractivity contribution < 1.29 is 23.8 Å². The number of esters is 1. The Hall–Kier alpha value is -3.46. The number of hydrogen-bond donors (Lipinski definition) is 0. The van der Waals surface area contributed by atoms with Crippen LogP contribution in [0.15, 0.2) is 52.7 Å². The van der Waals surface area contributed by atoms with Crippen LogP contribution < -0.4 is 14.3 Å². The number of aromatic nitrogens is 1. The zero-order valence-electron chi connectivity index (χ0n) is 16.8. The molecule has 0 N–H and O–H groups in total. The first kappa shape index (κ1) is 21.3. The van der Waals surface area contributed by atoms with Crippen molar-refractivity contribution in [1.82, 2.24) is 4.57 Å². The Morgan fingerprint density at radius 3 is 2.67 bits per heavy atom.